The lowest BCUT2D eigenvalue weighted by Crippen LogP contribution is -2.18. The molecule has 0 fully saturated rings. The Morgan fingerprint density at radius 2 is 2.21 bits per heavy atom. The highest BCUT2D eigenvalue weighted by Crippen LogP contribution is 2.17. The first kappa shape index (κ1) is 9.21. The van der Waals surface area contributed by atoms with Gasteiger partial charge >= 0.3 is 5.69 Å². The molecule has 0 unspecified atom stereocenters. The molecule has 14 heavy (non-hydrogen) atoms. The van der Waals surface area contributed by atoms with Gasteiger partial charge in [-0.25, -0.2) is 14.8 Å². The Morgan fingerprint density at radius 1 is 1.50 bits per heavy atom. The summed E-state index contributed by atoms with van der Waals surface area (Å²) < 4.78 is 1.54. The molecule has 0 saturated carbocycles. The number of nitrogens with zero attached hydrogens (tertiary/aromatic N) is 3. The van der Waals surface area contributed by atoms with Crippen molar-refractivity contribution in [2.45, 2.75) is 19.9 Å². The van der Waals surface area contributed by atoms with Gasteiger partial charge in [-0.1, -0.05) is 11.6 Å². The second kappa shape index (κ2) is 3.09. The van der Waals surface area contributed by atoms with Crippen molar-refractivity contribution in [1.82, 2.24) is 19.5 Å². The van der Waals surface area contributed by atoms with E-state index >= 15 is 0 Å². The number of hydrogen-bond acceptors (Lipinski definition) is 3. The molecule has 0 bridgehead atoms. The predicted octanol–water partition coefficient (Wildman–Crippen LogP) is 1.35. The van der Waals surface area contributed by atoms with E-state index in [2.05, 4.69) is 15.0 Å². The van der Waals surface area contributed by atoms with Crippen LogP contribution in [0.25, 0.3) is 11.2 Å². The second-order valence-corrected chi connectivity index (χ2v) is 3.62. The van der Waals surface area contributed by atoms with Gasteiger partial charge in [0, 0.05) is 6.04 Å². The third kappa shape index (κ3) is 1.21. The quantitative estimate of drug-likeness (QED) is 0.726. The number of imidazole rings is 1. The maximum absolute atomic E-state index is 11.5. The first-order chi connectivity index (χ1) is 6.61. The van der Waals surface area contributed by atoms with E-state index in [0.29, 0.717) is 11.2 Å². The van der Waals surface area contributed by atoms with Crippen LogP contribution in [0.3, 0.4) is 0 Å². The van der Waals surface area contributed by atoms with E-state index in [1.54, 1.807) is 4.57 Å². The molecule has 0 aliphatic rings. The molecule has 0 atom stereocenters. The fourth-order valence-corrected chi connectivity index (χ4v) is 1.56. The van der Waals surface area contributed by atoms with Crippen LogP contribution < -0.4 is 5.69 Å². The highest BCUT2D eigenvalue weighted by molar-refractivity contribution is 6.33. The summed E-state index contributed by atoms with van der Waals surface area (Å²) in [6, 6.07) is 0.0437. The molecule has 6 heteroatoms. The molecule has 0 amide bonds. The Kier molecular flexibility index (Phi) is 2.03. The summed E-state index contributed by atoms with van der Waals surface area (Å²) in [5.74, 6) is 0. The molecule has 2 rings (SSSR count). The van der Waals surface area contributed by atoms with Crippen LogP contribution in [0.1, 0.15) is 19.9 Å². The van der Waals surface area contributed by atoms with E-state index in [-0.39, 0.29) is 16.9 Å². The van der Waals surface area contributed by atoms with Crippen molar-refractivity contribution in [3.63, 3.8) is 0 Å². The van der Waals surface area contributed by atoms with Crippen LogP contribution in [0.5, 0.6) is 0 Å². The zero-order valence-corrected chi connectivity index (χ0v) is 8.54. The number of nitrogens with one attached hydrogen (secondary N) is 1. The monoisotopic (exact) mass is 212 g/mol. The minimum absolute atomic E-state index is 0.0437. The lowest BCUT2D eigenvalue weighted by Gasteiger charge is -2.04. The Balaban J connectivity index is 2.91. The van der Waals surface area contributed by atoms with Crippen LogP contribution >= 0.6 is 11.6 Å². The van der Waals surface area contributed by atoms with Crippen LogP contribution in [-0.4, -0.2) is 19.5 Å². The molecule has 0 aliphatic heterocycles. The fraction of sp³-hybridized carbons (Fsp3) is 0.375. The summed E-state index contributed by atoms with van der Waals surface area (Å²) in [4.78, 5) is 22.0. The van der Waals surface area contributed by atoms with Crippen molar-refractivity contribution in [1.29, 1.82) is 0 Å². The van der Waals surface area contributed by atoms with Gasteiger partial charge in [0.1, 0.15) is 11.8 Å². The number of rotatable bonds is 1. The largest absolute Gasteiger partial charge is 0.327 e. The minimum atomic E-state index is -0.211. The molecule has 5 nitrogen and oxygen atoms in total. The zero-order valence-electron chi connectivity index (χ0n) is 7.78. The summed E-state index contributed by atoms with van der Waals surface area (Å²) in [5, 5.41) is 0.270. The maximum atomic E-state index is 11.5. The van der Waals surface area contributed by atoms with Crippen molar-refractivity contribution in [2.24, 2.45) is 0 Å². The molecule has 0 radical (unpaired) electrons. The molecular formula is C8H9ClN4O. The van der Waals surface area contributed by atoms with Crippen LogP contribution in [0, 0.1) is 0 Å². The molecule has 0 saturated heterocycles. The Bertz CT molecular complexity index is 528. The van der Waals surface area contributed by atoms with E-state index in [1.165, 1.54) is 6.33 Å². The lowest BCUT2D eigenvalue weighted by molar-refractivity contribution is 0.593. The molecule has 74 valence electrons. The van der Waals surface area contributed by atoms with Gasteiger partial charge in [-0.15, -0.1) is 0 Å². The molecule has 0 spiro atoms. The Morgan fingerprint density at radius 3 is 2.86 bits per heavy atom. The zero-order chi connectivity index (χ0) is 10.3. The number of aromatic nitrogens is 4. The smallest absolute Gasteiger partial charge is 0.302 e. The minimum Gasteiger partial charge on any atom is -0.302 e. The molecule has 2 aromatic heterocycles. The predicted molar refractivity (Wildman–Crippen MR) is 53.5 cm³/mol. The summed E-state index contributed by atoms with van der Waals surface area (Å²) >= 11 is 5.81. The van der Waals surface area contributed by atoms with Crippen molar-refractivity contribution in [3.8, 4) is 0 Å². The third-order valence-corrected chi connectivity index (χ3v) is 2.26. The van der Waals surface area contributed by atoms with Crippen molar-refractivity contribution in [3.05, 3.63) is 22.0 Å². The number of halogens is 1. The normalized spacial score (nSPS) is 11.4. The molecular weight excluding hydrogens is 204 g/mol. The van der Waals surface area contributed by atoms with Gasteiger partial charge in [0.25, 0.3) is 0 Å². The number of H-pyrrole nitrogens is 1. The van der Waals surface area contributed by atoms with Gasteiger partial charge in [0.15, 0.2) is 10.8 Å². The average Bonchev–Trinajstić information content (AvgIpc) is 2.42. The highest BCUT2D eigenvalue weighted by Gasteiger charge is 2.12. The Hall–Kier alpha value is -1.36. The Labute approximate surface area is 84.8 Å². The second-order valence-electron chi connectivity index (χ2n) is 3.26. The number of hydrogen-bond donors (Lipinski definition) is 1. The first-order valence-corrected chi connectivity index (χ1v) is 4.59. The summed E-state index contributed by atoms with van der Waals surface area (Å²) in [6.45, 7) is 3.81. The van der Waals surface area contributed by atoms with Gasteiger partial charge < -0.3 is 4.98 Å². The summed E-state index contributed by atoms with van der Waals surface area (Å²) in [5.41, 5.74) is 0.829. The van der Waals surface area contributed by atoms with Crippen LogP contribution in [0.2, 0.25) is 5.15 Å². The van der Waals surface area contributed by atoms with E-state index < -0.39 is 0 Å². The lowest BCUT2D eigenvalue weighted by atomic mass is 10.4. The SMILES string of the molecule is CC(C)n1c(=O)[nH]c2c(Cl)ncnc21. The highest BCUT2D eigenvalue weighted by atomic mass is 35.5. The maximum Gasteiger partial charge on any atom is 0.327 e. The van der Waals surface area contributed by atoms with Gasteiger partial charge in [-0.3, -0.25) is 4.57 Å². The number of fused-ring (bicyclic) bond motifs is 1. The van der Waals surface area contributed by atoms with Crippen molar-refractivity contribution >= 4 is 22.8 Å². The van der Waals surface area contributed by atoms with Gasteiger partial charge in [0.2, 0.25) is 0 Å². The van der Waals surface area contributed by atoms with E-state index in [0.717, 1.165) is 0 Å². The van der Waals surface area contributed by atoms with Crippen LogP contribution in [0.15, 0.2) is 11.1 Å². The standard InChI is InChI=1S/C8H9ClN4O/c1-4(2)13-7-5(12-8(13)14)6(9)10-3-11-7/h3-4H,1-2H3,(H,12,14). The third-order valence-electron chi connectivity index (χ3n) is 1.98. The molecule has 0 aliphatic carbocycles. The topological polar surface area (TPSA) is 63.6 Å². The van der Waals surface area contributed by atoms with Crippen LogP contribution in [0.4, 0.5) is 0 Å². The molecule has 2 heterocycles. The fourth-order valence-electron chi connectivity index (χ4n) is 1.39. The van der Waals surface area contributed by atoms with Crippen molar-refractivity contribution in [2.75, 3.05) is 0 Å². The molecule has 0 aromatic carbocycles. The summed E-state index contributed by atoms with van der Waals surface area (Å²) in [7, 11) is 0. The van der Waals surface area contributed by atoms with Crippen LogP contribution in [-0.2, 0) is 0 Å². The van der Waals surface area contributed by atoms with E-state index in [1.807, 2.05) is 13.8 Å². The summed E-state index contributed by atoms with van der Waals surface area (Å²) in [6.07, 6.45) is 1.34. The molecule has 2 aromatic rings. The van der Waals surface area contributed by atoms with E-state index in [9.17, 15) is 4.79 Å². The van der Waals surface area contributed by atoms with Crippen molar-refractivity contribution < 1.29 is 0 Å². The van der Waals surface area contributed by atoms with E-state index in [4.69, 9.17) is 11.6 Å². The first-order valence-electron chi connectivity index (χ1n) is 4.22. The van der Waals surface area contributed by atoms with Gasteiger partial charge in [-0.05, 0) is 13.8 Å². The van der Waals surface area contributed by atoms with Gasteiger partial charge in [0.05, 0.1) is 0 Å². The number of aromatic amines is 1. The molecule has 1 N–H and O–H groups in total. The van der Waals surface area contributed by atoms with Gasteiger partial charge in [-0.2, -0.15) is 0 Å². The average molecular weight is 213 g/mol.